The van der Waals surface area contributed by atoms with Crippen molar-refractivity contribution < 1.29 is 14.2 Å². The summed E-state index contributed by atoms with van der Waals surface area (Å²) < 4.78 is 16.3. The molecule has 2 rings (SSSR count). The van der Waals surface area contributed by atoms with Crippen LogP contribution in [-0.2, 0) is 19.6 Å². The highest BCUT2D eigenvalue weighted by molar-refractivity contribution is 14.0. The molecule has 0 aliphatic heterocycles. The summed E-state index contributed by atoms with van der Waals surface area (Å²) >= 11 is 0. The van der Waals surface area contributed by atoms with Gasteiger partial charge < -0.3 is 24.8 Å². The van der Waals surface area contributed by atoms with Crippen LogP contribution in [0.1, 0.15) is 30.5 Å². The summed E-state index contributed by atoms with van der Waals surface area (Å²) in [6.45, 7) is 6.57. The summed E-state index contributed by atoms with van der Waals surface area (Å²) in [4.78, 5) is 6.68. The molecule has 0 heterocycles. The minimum Gasteiger partial charge on any atom is -0.493 e. The van der Waals surface area contributed by atoms with Gasteiger partial charge >= 0.3 is 0 Å². The molecule has 2 aromatic carbocycles. The topological polar surface area (TPSA) is 67.4 Å². The van der Waals surface area contributed by atoms with Crippen LogP contribution in [0.3, 0.4) is 0 Å². The Labute approximate surface area is 209 Å². The van der Waals surface area contributed by atoms with E-state index in [2.05, 4.69) is 65.7 Å². The molecule has 0 bridgehead atoms. The number of hydrogen-bond acceptors (Lipinski definition) is 5. The molecule has 0 saturated heterocycles. The van der Waals surface area contributed by atoms with Gasteiger partial charge in [0, 0.05) is 32.7 Å². The lowest BCUT2D eigenvalue weighted by molar-refractivity contribution is 0.265. The summed E-state index contributed by atoms with van der Waals surface area (Å²) in [5.41, 5.74) is 3.56. The van der Waals surface area contributed by atoms with Crippen molar-refractivity contribution in [1.29, 1.82) is 0 Å². The number of nitrogens with one attached hydrogen (secondary N) is 2. The lowest BCUT2D eigenvalue weighted by atomic mass is 10.1. The summed E-state index contributed by atoms with van der Waals surface area (Å²) in [5, 5.41) is 6.76. The van der Waals surface area contributed by atoms with Gasteiger partial charge in [-0.25, -0.2) is 0 Å². The number of aliphatic imine (C=N–C) groups is 1. The summed E-state index contributed by atoms with van der Waals surface area (Å²) in [7, 11) is 8.74. The predicted molar refractivity (Wildman–Crippen MR) is 142 cm³/mol. The predicted octanol–water partition coefficient (Wildman–Crippen LogP) is 4.04. The lowest BCUT2D eigenvalue weighted by Gasteiger charge is -2.23. The Hall–Kier alpha value is -2.20. The molecule has 0 aliphatic carbocycles. The highest BCUT2D eigenvalue weighted by Gasteiger charge is 2.13. The minimum atomic E-state index is 0. The standard InChI is InChI=1S/C24H36N4O3.HI/c1-17(2)28(4)16-20-11-9-8-10-19(20)15-27-24(25-3)26-14-18-12-21(29-5)23(31-7)22(13-18)30-6;/h8-13,17H,14-16H2,1-7H3,(H2,25,26,27);1H. The van der Waals surface area contributed by atoms with Gasteiger partial charge in [-0.2, -0.15) is 0 Å². The second-order valence-corrected chi connectivity index (χ2v) is 7.59. The maximum absolute atomic E-state index is 5.44. The van der Waals surface area contributed by atoms with E-state index in [1.807, 2.05) is 12.1 Å². The quantitative estimate of drug-likeness (QED) is 0.262. The van der Waals surface area contributed by atoms with Crippen molar-refractivity contribution in [3.8, 4) is 17.2 Å². The van der Waals surface area contributed by atoms with Gasteiger partial charge in [0.1, 0.15) is 0 Å². The third kappa shape index (κ3) is 7.74. The fraction of sp³-hybridized carbons (Fsp3) is 0.458. The Kier molecular flexibility index (Phi) is 12.2. The number of rotatable bonds is 10. The smallest absolute Gasteiger partial charge is 0.203 e. The molecule has 0 spiro atoms. The van der Waals surface area contributed by atoms with Crippen LogP contribution in [0, 0.1) is 0 Å². The van der Waals surface area contributed by atoms with Crippen LogP contribution in [-0.4, -0.2) is 52.3 Å². The highest BCUT2D eigenvalue weighted by atomic mass is 127. The normalized spacial score (nSPS) is 11.2. The van der Waals surface area contributed by atoms with E-state index in [0.717, 1.165) is 18.1 Å². The van der Waals surface area contributed by atoms with E-state index >= 15 is 0 Å². The molecule has 0 amide bonds. The molecule has 2 N–H and O–H groups in total. The second-order valence-electron chi connectivity index (χ2n) is 7.59. The molecule has 178 valence electrons. The third-order valence-electron chi connectivity index (χ3n) is 5.27. The SMILES string of the molecule is CN=C(NCc1cc(OC)c(OC)c(OC)c1)NCc1ccccc1CN(C)C(C)C.I. The molecule has 8 heteroatoms. The van der Waals surface area contributed by atoms with Gasteiger partial charge in [-0.15, -0.1) is 24.0 Å². The number of hydrogen-bond donors (Lipinski definition) is 2. The Morgan fingerprint density at radius 3 is 2.00 bits per heavy atom. The first-order valence-electron chi connectivity index (χ1n) is 10.4. The van der Waals surface area contributed by atoms with E-state index in [4.69, 9.17) is 14.2 Å². The van der Waals surface area contributed by atoms with E-state index in [1.165, 1.54) is 11.1 Å². The van der Waals surface area contributed by atoms with E-state index in [-0.39, 0.29) is 24.0 Å². The van der Waals surface area contributed by atoms with Crippen LogP contribution >= 0.6 is 24.0 Å². The van der Waals surface area contributed by atoms with Crippen LogP contribution in [0.25, 0.3) is 0 Å². The molecule has 0 aromatic heterocycles. The number of methoxy groups -OCH3 is 3. The van der Waals surface area contributed by atoms with E-state index in [9.17, 15) is 0 Å². The molecule has 0 unspecified atom stereocenters. The zero-order chi connectivity index (χ0) is 22.8. The first-order valence-corrected chi connectivity index (χ1v) is 10.4. The van der Waals surface area contributed by atoms with Gasteiger partial charge in [0.25, 0.3) is 0 Å². The summed E-state index contributed by atoms with van der Waals surface area (Å²) in [5.74, 6) is 2.56. The molecule has 32 heavy (non-hydrogen) atoms. The fourth-order valence-corrected chi connectivity index (χ4v) is 3.16. The van der Waals surface area contributed by atoms with E-state index in [0.29, 0.717) is 36.4 Å². The van der Waals surface area contributed by atoms with Crippen molar-refractivity contribution in [3.63, 3.8) is 0 Å². The van der Waals surface area contributed by atoms with E-state index < -0.39 is 0 Å². The fourth-order valence-electron chi connectivity index (χ4n) is 3.16. The number of guanidine groups is 1. The molecule has 7 nitrogen and oxygen atoms in total. The Balaban J connectivity index is 0.00000512. The maximum Gasteiger partial charge on any atom is 0.203 e. The van der Waals surface area contributed by atoms with Gasteiger partial charge in [-0.1, -0.05) is 24.3 Å². The average molecular weight is 556 g/mol. The monoisotopic (exact) mass is 556 g/mol. The van der Waals surface area contributed by atoms with Crippen LogP contribution in [0.2, 0.25) is 0 Å². The number of halogens is 1. The number of ether oxygens (including phenoxy) is 3. The number of nitrogens with zero attached hydrogens (tertiary/aromatic N) is 2. The van der Waals surface area contributed by atoms with Crippen molar-refractivity contribution in [1.82, 2.24) is 15.5 Å². The van der Waals surface area contributed by atoms with Crippen molar-refractivity contribution >= 4 is 29.9 Å². The lowest BCUT2D eigenvalue weighted by Crippen LogP contribution is -2.36. The molecule has 0 aliphatic rings. The molecule has 2 aromatic rings. The van der Waals surface area contributed by atoms with Gasteiger partial charge in [0.05, 0.1) is 21.3 Å². The zero-order valence-corrected chi connectivity index (χ0v) is 22.5. The minimum absolute atomic E-state index is 0. The van der Waals surface area contributed by atoms with Crippen LogP contribution < -0.4 is 24.8 Å². The maximum atomic E-state index is 5.44. The second kappa shape index (κ2) is 14.1. The van der Waals surface area contributed by atoms with E-state index in [1.54, 1.807) is 28.4 Å². The third-order valence-corrected chi connectivity index (χ3v) is 5.27. The van der Waals surface area contributed by atoms with Crippen molar-refractivity contribution in [3.05, 3.63) is 53.1 Å². The van der Waals surface area contributed by atoms with Gasteiger partial charge in [-0.05, 0) is 49.7 Å². The Bertz CT molecular complexity index is 849. The number of benzene rings is 2. The zero-order valence-electron chi connectivity index (χ0n) is 20.2. The van der Waals surface area contributed by atoms with Gasteiger partial charge in [0.15, 0.2) is 17.5 Å². The molecule has 0 fully saturated rings. The van der Waals surface area contributed by atoms with Crippen molar-refractivity contribution in [2.75, 3.05) is 35.4 Å². The van der Waals surface area contributed by atoms with Crippen molar-refractivity contribution in [2.45, 2.75) is 39.5 Å². The summed E-state index contributed by atoms with van der Waals surface area (Å²) in [6.07, 6.45) is 0. The first-order chi connectivity index (χ1) is 14.9. The Morgan fingerprint density at radius 2 is 1.50 bits per heavy atom. The first kappa shape index (κ1) is 27.8. The van der Waals surface area contributed by atoms with Crippen LogP contribution in [0.5, 0.6) is 17.2 Å². The molecule has 0 atom stereocenters. The highest BCUT2D eigenvalue weighted by Crippen LogP contribution is 2.38. The molecule has 0 radical (unpaired) electrons. The molecule has 0 saturated carbocycles. The van der Waals surface area contributed by atoms with Crippen molar-refractivity contribution in [2.24, 2.45) is 4.99 Å². The average Bonchev–Trinajstić information content (AvgIpc) is 2.79. The summed E-state index contributed by atoms with van der Waals surface area (Å²) in [6, 6.07) is 12.9. The molecular formula is C24H37IN4O3. The van der Waals surface area contributed by atoms with Crippen LogP contribution in [0.4, 0.5) is 0 Å². The molecular weight excluding hydrogens is 519 g/mol. The van der Waals surface area contributed by atoms with Crippen LogP contribution in [0.15, 0.2) is 41.4 Å². The largest absolute Gasteiger partial charge is 0.493 e. The van der Waals surface area contributed by atoms with Gasteiger partial charge in [-0.3, -0.25) is 9.89 Å². The van der Waals surface area contributed by atoms with Gasteiger partial charge in [0.2, 0.25) is 5.75 Å². The Morgan fingerprint density at radius 1 is 0.938 bits per heavy atom.